The Morgan fingerprint density at radius 2 is 1.97 bits per heavy atom. The number of aryl methyl sites for hydroxylation is 1. The van der Waals surface area contributed by atoms with E-state index in [4.69, 9.17) is 17.0 Å². The normalized spacial score (nSPS) is 16.0. The van der Waals surface area contributed by atoms with Gasteiger partial charge in [0.05, 0.1) is 30.9 Å². The van der Waals surface area contributed by atoms with E-state index in [1.807, 2.05) is 42.8 Å². The number of imidazole rings is 1. The average molecular weight is 437 g/mol. The molecule has 158 valence electrons. The second-order valence-corrected chi connectivity index (χ2v) is 7.63. The number of ether oxygens (including phenoxy) is 1. The molecule has 1 saturated heterocycles. The number of hydrogen-bond acceptors (Lipinski definition) is 4. The van der Waals surface area contributed by atoms with E-state index in [-0.39, 0.29) is 17.8 Å². The maximum atomic E-state index is 13.2. The number of carbonyl (C=O) groups excluding carboxylic acids is 1. The van der Waals surface area contributed by atoms with Crippen molar-refractivity contribution in [1.82, 2.24) is 19.8 Å². The molecule has 0 aliphatic carbocycles. The van der Waals surface area contributed by atoms with Crippen LogP contribution in [0.3, 0.4) is 0 Å². The van der Waals surface area contributed by atoms with Crippen molar-refractivity contribution < 1.29 is 13.9 Å². The number of halogens is 1. The third-order valence-corrected chi connectivity index (χ3v) is 5.45. The predicted octanol–water partition coefficient (Wildman–Crippen LogP) is 4.15. The number of amides is 1. The first-order valence-corrected chi connectivity index (χ1v) is 10.1. The van der Waals surface area contributed by atoms with Crippen LogP contribution in [-0.2, 0) is 4.79 Å². The molecular weight excluding hydrogens is 415 g/mol. The number of hydrogen-bond donors (Lipinski definition) is 1. The molecule has 31 heavy (non-hydrogen) atoms. The summed E-state index contributed by atoms with van der Waals surface area (Å²) in [6.07, 6.45) is 5.36. The molecule has 1 N–H and O–H groups in total. The Kier molecular flexibility index (Phi) is 5.56. The molecule has 4 rings (SSSR count). The van der Waals surface area contributed by atoms with Crippen LogP contribution in [0.1, 0.15) is 29.8 Å². The van der Waals surface area contributed by atoms with Crippen LogP contribution >= 0.6 is 12.2 Å². The van der Waals surface area contributed by atoms with E-state index in [1.54, 1.807) is 31.6 Å². The molecule has 0 unspecified atom stereocenters. The monoisotopic (exact) mass is 436 g/mol. The van der Waals surface area contributed by atoms with Gasteiger partial charge in [0.1, 0.15) is 17.3 Å². The molecular formula is C23H21FN4O2S. The third kappa shape index (κ3) is 4.06. The second-order valence-electron chi connectivity index (χ2n) is 7.24. The summed E-state index contributed by atoms with van der Waals surface area (Å²) in [6.45, 7) is 3.77. The highest BCUT2D eigenvalue weighted by molar-refractivity contribution is 7.80. The van der Waals surface area contributed by atoms with Crippen LogP contribution in [0.15, 0.2) is 60.7 Å². The first kappa shape index (κ1) is 20.7. The molecule has 1 fully saturated rings. The van der Waals surface area contributed by atoms with Gasteiger partial charge in [0.2, 0.25) is 0 Å². The van der Waals surface area contributed by atoms with Crippen LogP contribution in [0, 0.1) is 12.7 Å². The Hall–Kier alpha value is -3.52. The number of nitrogens with zero attached hydrogens (tertiary/aromatic N) is 3. The fraction of sp³-hybridized carbons (Fsp3) is 0.174. The number of benzene rings is 2. The molecule has 1 atom stereocenters. The van der Waals surface area contributed by atoms with Crippen LogP contribution in [0.25, 0.3) is 11.8 Å². The lowest BCUT2D eigenvalue weighted by molar-refractivity contribution is -0.123. The molecule has 2 heterocycles. The maximum Gasteiger partial charge on any atom is 0.277 e. The lowest BCUT2D eigenvalue weighted by Crippen LogP contribution is -2.33. The first-order chi connectivity index (χ1) is 14.9. The van der Waals surface area contributed by atoms with E-state index >= 15 is 0 Å². The maximum absolute atomic E-state index is 13.2. The predicted molar refractivity (Wildman–Crippen MR) is 120 cm³/mol. The molecule has 1 aromatic heterocycles. The number of aromatic nitrogens is 2. The summed E-state index contributed by atoms with van der Waals surface area (Å²) >= 11 is 5.39. The van der Waals surface area contributed by atoms with Gasteiger partial charge in [-0.3, -0.25) is 9.69 Å². The number of methoxy groups -OCH3 is 1. The van der Waals surface area contributed by atoms with Gasteiger partial charge in [-0.05, 0) is 67.5 Å². The Labute approximate surface area is 185 Å². The average Bonchev–Trinajstić information content (AvgIpc) is 3.30. The minimum Gasteiger partial charge on any atom is -0.495 e. The summed E-state index contributed by atoms with van der Waals surface area (Å²) in [5.41, 5.74) is 3.69. The van der Waals surface area contributed by atoms with Gasteiger partial charge in [-0.1, -0.05) is 18.2 Å². The zero-order chi connectivity index (χ0) is 22.1. The number of nitrogens with one attached hydrogen (secondary N) is 1. The fourth-order valence-electron chi connectivity index (χ4n) is 3.51. The molecule has 8 heteroatoms. The fourth-order valence-corrected chi connectivity index (χ4v) is 3.86. The largest absolute Gasteiger partial charge is 0.495 e. The van der Waals surface area contributed by atoms with E-state index in [9.17, 15) is 9.18 Å². The molecule has 0 radical (unpaired) electrons. The van der Waals surface area contributed by atoms with Gasteiger partial charge in [-0.25, -0.2) is 9.37 Å². The smallest absolute Gasteiger partial charge is 0.277 e. The SMILES string of the molecule is COc1cc(C=C2NC(=S)N([C@@H](C)c3ccc(F)cc3)C2=O)ccc1-n1cnc(C)c1. The van der Waals surface area contributed by atoms with Crippen molar-refractivity contribution in [3.63, 3.8) is 0 Å². The van der Waals surface area contributed by atoms with Crippen LogP contribution < -0.4 is 10.1 Å². The standard InChI is InChI=1S/C23H21FN4O2S/c1-14-12-27(13-25-14)20-9-4-16(11-21(20)30-3)10-19-22(29)28(23(31)26-19)15(2)17-5-7-18(24)8-6-17/h4-13,15H,1-3H3,(H,26,31)/t15-/m0/s1. The summed E-state index contributed by atoms with van der Waals surface area (Å²) in [4.78, 5) is 18.8. The minimum absolute atomic E-state index is 0.241. The first-order valence-electron chi connectivity index (χ1n) is 9.68. The molecule has 2 aromatic carbocycles. The molecule has 1 aliphatic heterocycles. The van der Waals surface area contributed by atoms with E-state index in [0.29, 0.717) is 16.6 Å². The van der Waals surface area contributed by atoms with Gasteiger partial charge >= 0.3 is 0 Å². The highest BCUT2D eigenvalue weighted by Gasteiger charge is 2.34. The van der Waals surface area contributed by atoms with Crippen molar-refractivity contribution in [1.29, 1.82) is 0 Å². The van der Waals surface area contributed by atoms with Crippen LogP contribution in [0.5, 0.6) is 5.75 Å². The van der Waals surface area contributed by atoms with Gasteiger partial charge in [-0.2, -0.15) is 0 Å². The van der Waals surface area contributed by atoms with Crippen molar-refractivity contribution in [3.05, 3.63) is 83.3 Å². The summed E-state index contributed by atoms with van der Waals surface area (Å²) in [6, 6.07) is 11.4. The van der Waals surface area contributed by atoms with E-state index in [1.165, 1.54) is 17.0 Å². The van der Waals surface area contributed by atoms with E-state index < -0.39 is 0 Å². The summed E-state index contributed by atoms with van der Waals surface area (Å²) in [7, 11) is 1.60. The Morgan fingerprint density at radius 3 is 2.61 bits per heavy atom. The topological polar surface area (TPSA) is 59.4 Å². The van der Waals surface area contributed by atoms with Crippen molar-refractivity contribution in [2.24, 2.45) is 0 Å². The number of rotatable bonds is 5. The Balaban J connectivity index is 1.61. The number of thiocarbonyl (C=S) groups is 1. The second kappa shape index (κ2) is 8.31. The molecule has 1 amide bonds. The lowest BCUT2D eigenvalue weighted by atomic mass is 10.1. The van der Waals surface area contributed by atoms with Crippen LogP contribution in [0.2, 0.25) is 0 Å². The molecule has 1 aliphatic rings. The Bertz CT molecular complexity index is 1190. The lowest BCUT2D eigenvalue weighted by Gasteiger charge is -2.23. The van der Waals surface area contributed by atoms with Crippen molar-refractivity contribution in [3.8, 4) is 11.4 Å². The molecule has 0 bridgehead atoms. The van der Waals surface area contributed by atoms with Crippen molar-refractivity contribution >= 4 is 29.3 Å². The van der Waals surface area contributed by atoms with Crippen molar-refractivity contribution in [2.45, 2.75) is 19.9 Å². The molecule has 3 aromatic rings. The summed E-state index contributed by atoms with van der Waals surface area (Å²) < 4.78 is 20.7. The number of carbonyl (C=O) groups is 1. The van der Waals surface area contributed by atoms with Crippen LogP contribution in [-0.4, -0.2) is 32.6 Å². The molecule has 6 nitrogen and oxygen atoms in total. The molecule has 0 spiro atoms. The van der Waals surface area contributed by atoms with E-state index in [2.05, 4.69) is 10.3 Å². The zero-order valence-corrected chi connectivity index (χ0v) is 18.1. The van der Waals surface area contributed by atoms with E-state index in [0.717, 1.165) is 22.5 Å². The van der Waals surface area contributed by atoms with Gasteiger partial charge in [0, 0.05) is 6.20 Å². The highest BCUT2D eigenvalue weighted by atomic mass is 32.1. The third-order valence-electron chi connectivity index (χ3n) is 5.15. The van der Waals surface area contributed by atoms with Gasteiger partial charge in [0.15, 0.2) is 5.11 Å². The summed E-state index contributed by atoms with van der Waals surface area (Å²) in [5.74, 6) is 0.0830. The van der Waals surface area contributed by atoms with Gasteiger partial charge < -0.3 is 14.6 Å². The zero-order valence-electron chi connectivity index (χ0n) is 17.3. The summed E-state index contributed by atoms with van der Waals surface area (Å²) in [5, 5.41) is 3.30. The van der Waals surface area contributed by atoms with Crippen LogP contribution in [0.4, 0.5) is 4.39 Å². The molecule has 0 saturated carbocycles. The Morgan fingerprint density at radius 1 is 1.23 bits per heavy atom. The quantitative estimate of drug-likeness (QED) is 0.481. The highest BCUT2D eigenvalue weighted by Crippen LogP contribution is 2.29. The van der Waals surface area contributed by atoms with Crippen molar-refractivity contribution in [2.75, 3.05) is 7.11 Å². The van der Waals surface area contributed by atoms with Gasteiger partial charge in [0.25, 0.3) is 5.91 Å². The minimum atomic E-state index is -0.333. The van der Waals surface area contributed by atoms with Gasteiger partial charge in [-0.15, -0.1) is 0 Å².